The molecule has 2 amide bonds. The molecule has 0 bridgehead atoms. The number of amides is 2. The van der Waals surface area contributed by atoms with Crippen LogP contribution >= 0.6 is 23.1 Å². The first-order valence-electron chi connectivity index (χ1n) is 8.90. The number of methoxy groups -OCH3 is 1. The van der Waals surface area contributed by atoms with Crippen LogP contribution in [0.3, 0.4) is 0 Å². The average Bonchev–Trinajstić information content (AvgIpc) is 3.16. The minimum Gasteiger partial charge on any atom is -0.477 e. The Kier molecular flexibility index (Phi) is 6.50. The molecule has 10 nitrogen and oxygen atoms in total. The third-order valence-electron chi connectivity index (χ3n) is 4.79. The maximum Gasteiger partial charge on any atom is 0.352 e. The molecule has 2 aliphatic heterocycles. The van der Waals surface area contributed by atoms with Crippen molar-refractivity contribution in [1.29, 1.82) is 0 Å². The van der Waals surface area contributed by atoms with Crippen LogP contribution in [0.25, 0.3) is 0 Å². The Balaban J connectivity index is 1.80. The van der Waals surface area contributed by atoms with Gasteiger partial charge in [0.1, 0.15) is 17.7 Å². The highest BCUT2D eigenvalue weighted by Crippen LogP contribution is 2.46. The maximum atomic E-state index is 13.0. The van der Waals surface area contributed by atoms with E-state index in [1.54, 1.807) is 0 Å². The molecule has 2 aliphatic rings. The standard InChI is InChI=1S/C18H21N3O7S2/c1-9(22)28-7-11-8-30-17-18(27-2,16(26)21(17)14(11)15(24)25)20-13(23)5-12-10(6-19)3-4-29-12/h3-4,17H,5-8,19H2,1-2H3,(H,20,23)(H,24,25)/t17-,18+/m1/s1. The van der Waals surface area contributed by atoms with Crippen molar-refractivity contribution in [2.75, 3.05) is 19.5 Å². The highest BCUT2D eigenvalue weighted by atomic mass is 32.2. The lowest BCUT2D eigenvalue weighted by Gasteiger charge is -2.55. The van der Waals surface area contributed by atoms with Crippen LogP contribution < -0.4 is 11.1 Å². The van der Waals surface area contributed by atoms with Gasteiger partial charge in [-0.05, 0) is 17.0 Å². The molecule has 0 spiro atoms. The predicted octanol–water partition coefficient (Wildman–Crippen LogP) is 0.0251. The van der Waals surface area contributed by atoms with Crippen LogP contribution in [0.4, 0.5) is 0 Å². The van der Waals surface area contributed by atoms with Gasteiger partial charge < -0.3 is 25.6 Å². The number of β-lactam (4-membered cyclic amide) rings is 1. The van der Waals surface area contributed by atoms with Gasteiger partial charge in [-0.15, -0.1) is 23.1 Å². The molecule has 0 unspecified atom stereocenters. The summed E-state index contributed by atoms with van der Waals surface area (Å²) in [6, 6.07) is 1.83. The van der Waals surface area contributed by atoms with Crippen molar-refractivity contribution in [3.8, 4) is 0 Å². The Hall–Kier alpha value is -2.41. The molecular weight excluding hydrogens is 434 g/mol. The number of nitrogens with zero attached hydrogens (tertiary/aromatic N) is 1. The molecule has 4 N–H and O–H groups in total. The second-order valence-electron chi connectivity index (χ2n) is 6.61. The number of esters is 1. The summed E-state index contributed by atoms with van der Waals surface area (Å²) in [6.07, 6.45) is 0.0271. The number of thiophene rings is 1. The Morgan fingerprint density at radius 2 is 2.17 bits per heavy atom. The molecule has 0 radical (unpaired) electrons. The number of ether oxygens (including phenoxy) is 2. The number of nitrogens with two attached hydrogens (primary N) is 1. The first-order valence-corrected chi connectivity index (χ1v) is 10.8. The lowest BCUT2D eigenvalue weighted by molar-refractivity contribution is -0.192. The lowest BCUT2D eigenvalue weighted by Crippen LogP contribution is -2.80. The number of rotatable bonds is 8. The van der Waals surface area contributed by atoms with Crippen molar-refractivity contribution in [3.05, 3.63) is 33.2 Å². The number of carbonyl (C=O) groups is 4. The van der Waals surface area contributed by atoms with E-state index in [-0.39, 0.29) is 24.5 Å². The average molecular weight is 456 g/mol. The van der Waals surface area contributed by atoms with Crippen LogP contribution in [0.5, 0.6) is 0 Å². The summed E-state index contributed by atoms with van der Waals surface area (Å²) in [7, 11) is 1.28. The fourth-order valence-corrected chi connectivity index (χ4v) is 5.68. The van der Waals surface area contributed by atoms with Gasteiger partial charge in [0.2, 0.25) is 5.91 Å². The molecule has 0 saturated carbocycles. The molecule has 30 heavy (non-hydrogen) atoms. The number of carboxylic acid groups (broad SMARTS) is 1. The third-order valence-corrected chi connectivity index (χ3v) is 7.12. The molecule has 1 aromatic rings. The van der Waals surface area contributed by atoms with E-state index in [4.69, 9.17) is 15.2 Å². The monoisotopic (exact) mass is 455 g/mol. The van der Waals surface area contributed by atoms with Crippen LogP contribution in [0.2, 0.25) is 0 Å². The van der Waals surface area contributed by atoms with Gasteiger partial charge in [0, 0.05) is 36.8 Å². The van der Waals surface area contributed by atoms with Crippen molar-refractivity contribution in [3.63, 3.8) is 0 Å². The quantitative estimate of drug-likeness (QED) is 0.280. The summed E-state index contributed by atoms with van der Waals surface area (Å²) in [5, 5.41) is 13.3. The minimum absolute atomic E-state index is 0.0271. The number of aliphatic carboxylic acids is 1. The molecular formula is C18H21N3O7S2. The molecule has 1 aromatic heterocycles. The van der Waals surface area contributed by atoms with Crippen LogP contribution in [0, 0.1) is 0 Å². The molecule has 12 heteroatoms. The SMILES string of the molecule is CO[C@@]1(NC(=O)Cc2sccc2CN)C(=O)N2C(C(=O)O)=C(COC(C)=O)CS[C@@H]21. The van der Waals surface area contributed by atoms with Crippen molar-refractivity contribution < 1.29 is 33.8 Å². The van der Waals surface area contributed by atoms with E-state index in [0.29, 0.717) is 12.1 Å². The summed E-state index contributed by atoms with van der Waals surface area (Å²) in [5.41, 5.74) is 4.89. The van der Waals surface area contributed by atoms with Crippen molar-refractivity contribution in [1.82, 2.24) is 10.2 Å². The number of thioether (sulfide) groups is 1. The predicted molar refractivity (Wildman–Crippen MR) is 108 cm³/mol. The number of nitrogens with one attached hydrogen (secondary N) is 1. The second kappa shape index (κ2) is 8.76. The van der Waals surface area contributed by atoms with Crippen molar-refractivity contribution in [2.45, 2.75) is 31.0 Å². The van der Waals surface area contributed by atoms with E-state index in [1.807, 2.05) is 11.4 Å². The summed E-state index contributed by atoms with van der Waals surface area (Å²) < 4.78 is 10.3. The zero-order valence-electron chi connectivity index (χ0n) is 16.3. The van der Waals surface area contributed by atoms with E-state index in [2.05, 4.69) is 5.32 Å². The van der Waals surface area contributed by atoms with Crippen LogP contribution in [-0.2, 0) is 41.6 Å². The second-order valence-corrected chi connectivity index (χ2v) is 8.68. The van der Waals surface area contributed by atoms with Gasteiger partial charge in [0.05, 0.1) is 6.42 Å². The van der Waals surface area contributed by atoms with Crippen LogP contribution in [0.1, 0.15) is 17.4 Å². The summed E-state index contributed by atoms with van der Waals surface area (Å²) >= 11 is 2.61. The zero-order valence-corrected chi connectivity index (χ0v) is 17.9. The van der Waals surface area contributed by atoms with Gasteiger partial charge in [-0.25, -0.2) is 4.79 Å². The van der Waals surface area contributed by atoms with E-state index >= 15 is 0 Å². The topological polar surface area (TPSA) is 148 Å². The highest BCUT2D eigenvalue weighted by Gasteiger charge is 2.66. The lowest BCUT2D eigenvalue weighted by atomic mass is 9.98. The summed E-state index contributed by atoms with van der Waals surface area (Å²) in [4.78, 5) is 50.3. The highest BCUT2D eigenvalue weighted by molar-refractivity contribution is 8.00. The molecule has 162 valence electrons. The Morgan fingerprint density at radius 3 is 2.77 bits per heavy atom. The van der Waals surface area contributed by atoms with Gasteiger partial charge in [-0.1, -0.05) is 0 Å². The minimum atomic E-state index is -1.67. The van der Waals surface area contributed by atoms with E-state index < -0.39 is 34.9 Å². The molecule has 0 aliphatic carbocycles. The van der Waals surface area contributed by atoms with E-state index in [1.165, 1.54) is 37.1 Å². The van der Waals surface area contributed by atoms with Gasteiger partial charge in [-0.3, -0.25) is 19.3 Å². The van der Waals surface area contributed by atoms with Gasteiger partial charge in [0.15, 0.2) is 0 Å². The third kappa shape index (κ3) is 3.83. The fraction of sp³-hybridized carbons (Fsp3) is 0.444. The Morgan fingerprint density at radius 1 is 1.43 bits per heavy atom. The molecule has 1 saturated heterocycles. The zero-order chi connectivity index (χ0) is 22.1. The van der Waals surface area contributed by atoms with Gasteiger partial charge >= 0.3 is 11.9 Å². The number of fused-ring (bicyclic) bond motifs is 1. The van der Waals surface area contributed by atoms with Crippen molar-refractivity contribution >= 4 is 46.9 Å². The van der Waals surface area contributed by atoms with Crippen LogP contribution in [-0.4, -0.2) is 64.3 Å². The van der Waals surface area contributed by atoms with Gasteiger partial charge in [-0.2, -0.15) is 0 Å². The van der Waals surface area contributed by atoms with Gasteiger partial charge in [0.25, 0.3) is 11.6 Å². The largest absolute Gasteiger partial charge is 0.477 e. The number of hydrogen-bond acceptors (Lipinski definition) is 9. The molecule has 1 fully saturated rings. The smallest absolute Gasteiger partial charge is 0.352 e. The first-order chi connectivity index (χ1) is 14.2. The fourth-order valence-electron chi connectivity index (χ4n) is 3.34. The number of carbonyl (C=O) groups excluding carboxylic acids is 3. The Bertz CT molecular complexity index is 929. The molecule has 3 heterocycles. The maximum absolute atomic E-state index is 13.0. The normalized spacial score (nSPS) is 23.0. The summed E-state index contributed by atoms with van der Waals surface area (Å²) in [5.74, 6) is -2.81. The van der Waals surface area contributed by atoms with E-state index in [9.17, 15) is 24.3 Å². The molecule has 3 rings (SSSR count). The van der Waals surface area contributed by atoms with E-state index in [0.717, 1.165) is 15.3 Å². The molecule has 0 aromatic carbocycles. The molecule has 2 atom stereocenters. The van der Waals surface area contributed by atoms with Crippen LogP contribution in [0.15, 0.2) is 22.7 Å². The number of hydrogen-bond donors (Lipinski definition) is 3. The summed E-state index contributed by atoms with van der Waals surface area (Å²) in [6.45, 7) is 1.28. The Labute approximate surface area is 180 Å². The number of carboxylic acids is 1. The first kappa shape index (κ1) is 22.3. The van der Waals surface area contributed by atoms with Crippen molar-refractivity contribution in [2.24, 2.45) is 5.73 Å².